The smallest absolute Gasteiger partial charge is 0.221 e. The minimum Gasteiger partial charge on any atom is -0.368 e. The van der Waals surface area contributed by atoms with Crippen LogP contribution in [-0.2, 0) is 6.54 Å². The van der Waals surface area contributed by atoms with Crippen molar-refractivity contribution in [2.45, 2.75) is 6.54 Å². The van der Waals surface area contributed by atoms with E-state index in [1.807, 2.05) is 49.0 Å². The van der Waals surface area contributed by atoms with Crippen molar-refractivity contribution in [3.63, 3.8) is 0 Å². The lowest BCUT2D eigenvalue weighted by Gasteiger charge is -2.14. The SMILES string of the molecule is Nc1nccc(-n2cc(CN3C=CC=CC=C3)c(-c3cccs3)n2)n1. The summed E-state index contributed by atoms with van der Waals surface area (Å²) in [5.74, 6) is 0.886. The van der Waals surface area contributed by atoms with Gasteiger partial charge in [0.15, 0.2) is 5.82 Å². The Morgan fingerprint density at radius 3 is 2.64 bits per heavy atom. The van der Waals surface area contributed by atoms with Gasteiger partial charge in [-0.05, 0) is 23.6 Å². The average molecular weight is 348 g/mol. The van der Waals surface area contributed by atoms with Gasteiger partial charge in [0.05, 0.1) is 11.4 Å². The van der Waals surface area contributed by atoms with Gasteiger partial charge in [-0.25, -0.2) is 9.67 Å². The fraction of sp³-hybridized carbons (Fsp3) is 0.0556. The first-order chi connectivity index (χ1) is 12.3. The molecule has 4 rings (SSSR count). The number of rotatable bonds is 4. The Morgan fingerprint density at radius 2 is 1.92 bits per heavy atom. The molecule has 4 heterocycles. The van der Waals surface area contributed by atoms with E-state index in [1.54, 1.807) is 28.3 Å². The van der Waals surface area contributed by atoms with Crippen molar-refractivity contribution in [2.75, 3.05) is 5.73 Å². The maximum atomic E-state index is 5.71. The zero-order valence-corrected chi connectivity index (χ0v) is 14.2. The van der Waals surface area contributed by atoms with Crippen molar-refractivity contribution in [2.24, 2.45) is 0 Å². The molecule has 25 heavy (non-hydrogen) atoms. The van der Waals surface area contributed by atoms with Crippen molar-refractivity contribution in [3.8, 4) is 16.4 Å². The highest BCUT2D eigenvalue weighted by molar-refractivity contribution is 7.13. The number of nitrogens with zero attached hydrogens (tertiary/aromatic N) is 5. The molecule has 0 atom stereocenters. The zero-order valence-electron chi connectivity index (χ0n) is 13.4. The molecule has 0 aliphatic carbocycles. The number of hydrogen-bond donors (Lipinski definition) is 1. The summed E-state index contributed by atoms with van der Waals surface area (Å²) in [7, 11) is 0. The number of anilines is 1. The van der Waals surface area contributed by atoms with Crippen molar-refractivity contribution < 1.29 is 0 Å². The van der Waals surface area contributed by atoms with E-state index in [9.17, 15) is 0 Å². The van der Waals surface area contributed by atoms with Gasteiger partial charge < -0.3 is 10.6 Å². The van der Waals surface area contributed by atoms with Crippen molar-refractivity contribution >= 4 is 17.3 Å². The van der Waals surface area contributed by atoms with Crippen molar-refractivity contribution in [1.82, 2.24) is 24.6 Å². The summed E-state index contributed by atoms with van der Waals surface area (Å²) in [6, 6.07) is 5.90. The second-order valence-corrected chi connectivity index (χ2v) is 6.39. The molecule has 0 saturated heterocycles. The molecule has 2 N–H and O–H groups in total. The standard InChI is InChI=1S/C18H16N6S/c19-18-20-8-7-16(21-18)24-13-14(12-23-9-3-1-2-4-10-23)17(22-24)15-6-5-11-25-15/h1-11,13H,12H2,(H2,19,20,21). The van der Waals surface area contributed by atoms with Crippen LogP contribution in [0.25, 0.3) is 16.4 Å². The number of aromatic nitrogens is 4. The molecule has 0 fully saturated rings. The molecule has 0 unspecified atom stereocenters. The van der Waals surface area contributed by atoms with Crippen LogP contribution in [0.5, 0.6) is 0 Å². The fourth-order valence-electron chi connectivity index (χ4n) is 2.56. The molecule has 7 heteroatoms. The van der Waals surface area contributed by atoms with Gasteiger partial charge in [-0.3, -0.25) is 0 Å². The van der Waals surface area contributed by atoms with E-state index in [1.165, 1.54) is 0 Å². The normalized spacial score (nSPS) is 13.4. The maximum Gasteiger partial charge on any atom is 0.221 e. The second-order valence-electron chi connectivity index (χ2n) is 5.44. The van der Waals surface area contributed by atoms with Crippen LogP contribution < -0.4 is 5.73 Å². The van der Waals surface area contributed by atoms with Gasteiger partial charge in [-0.1, -0.05) is 18.2 Å². The summed E-state index contributed by atoms with van der Waals surface area (Å²) in [5.41, 5.74) is 7.76. The maximum absolute atomic E-state index is 5.71. The number of hydrogen-bond acceptors (Lipinski definition) is 6. The molecule has 1 aliphatic rings. The van der Waals surface area contributed by atoms with Crippen LogP contribution in [-0.4, -0.2) is 24.6 Å². The van der Waals surface area contributed by atoms with Crippen LogP contribution in [0.2, 0.25) is 0 Å². The van der Waals surface area contributed by atoms with Crippen LogP contribution in [0, 0.1) is 0 Å². The molecule has 0 radical (unpaired) electrons. The summed E-state index contributed by atoms with van der Waals surface area (Å²) >= 11 is 1.67. The molecule has 0 bridgehead atoms. The molecular weight excluding hydrogens is 332 g/mol. The molecule has 0 saturated carbocycles. The fourth-order valence-corrected chi connectivity index (χ4v) is 3.30. The average Bonchev–Trinajstić information content (AvgIpc) is 3.20. The van der Waals surface area contributed by atoms with E-state index in [-0.39, 0.29) is 5.95 Å². The Labute approximate surface area is 149 Å². The van der Waals surface area contributed by atoms with Gasteiger partial charge in [0, 0.05) is 36.4 Å². The van der Waals surface area contributed by atoms with Crippen LogP contribution in [0.15, 0.2) is 72.7 Å². The summed E-state index contributed by atoms with van der Waals surface area (Å²) < 4.78 is 1.76. The van der Waals surface area contributed by atoms with Crippen LogP contribution in [0.1, 0.15) is 5.56 Å². The topological polar surface area (TPSA) is 72.9 Å². The van der Waals surface area contributed by atoms with Crippen LogP contribution >= 0.6 is 11.3 Å². The summed E-state index contributed by atoms with van der Waals surface area (Å²) in [5, 5.41) is 6.80. The monoisotopic (exact) mass is 348 g/mol. The number of allylic oxidation sites excluding steroid dienone is 4. The lowest BCUT2D eigenvalue weighted by Crippen LogP contribution is -2.08. The second kappa shape index (κ2) is 6.74. The molecule has 3 aromatic rings. The number of thiophene rings is 1. The Balaban J connectivity index is 1.74. The third kappa shape index (κ3) is 3.36. The highest BCUT2D eigenvalue weighted by atomic mass is 32.1. The van der Waals surface area contributed by atoms with E-state index in [2.05, 4.69) is 26.3 Å². The number of nitrogens with two attached hydrogens (primary N) is 1. The minimum absolute atomic E-state index is 0.233. The largest absolute Gasteiger partial charge is 0.368 e. The molecule has 124 valence electrons. The highest BCUT2D eigenvalue weighted by Crippen LogP contribution is 2.28. The lowest BCUT2D eigenvalue weighted by molar-refractivity contribution is 0.503. The third-order valence-corrected chi connectivity index (χ3v) is 4.56. The van der Waals surface area contributed by atoms with Gasteiger partial charge in [0.1, 0.15) is 5.69 Å². The van der Waals surface area contributed by atoms with E-state index in [4.69, 9.17) is 10.8 Å². The molecule has 0 aromatic carbocycles. The van der Waals surface area contributed by atoms with Gasteiger partial charge >= 0.3 is 0 Å². The van der Waals surface area contributed by atoms with Crippen LogP contribution in [0.3, 0.4) is 0 Å². The Morgan fingerprint density at radius 1 is 1.08 bits per heavy atom. The van der Waals surface area contributed by atoms with Gasteiger partial charge in [-0.2, -0.15) is 10.1 Å². The van der Waals surface area contributed by atoms with E-state index in [0.29, 0.717) is 12.4 Å². The van der Waals surface area contributed by atoms with Crippen LogP contribution in [0.4, 0.5) is 5.95 Å². The van der Waals surface area contributed by atoms with E-state index >= 15 is 0 Å². The van der Waals surface area contributed by atoms with Crippen molar-refractivity contribution in [1.29, 1.82) is 0 Å². The lowest BCUT2D eigenvalue weighted by atomic mass is 10.2. The Kier molecular flexibility index (Phi) is 4.14. The van der Waals surface area contributed by atoms with Crippen molar-refractivity contribution in [3.05, 3.63) is 78.2 Å². The molecule has 0 amide bonds. The third-order valence-electron chi connectivity index (χ3n) is 3.68. The number of nitrogen functional groups attached to an aromatic ring is 1. The Hall–Kier alpha value is -3.19. The van der Waals surface area contributed by atoms with Gasteiger partial charge in [0.25, 0.3) is 0 Å². The first-order valence-electron chi connectivity index (χ1n) is 7.78. The summed E-state index contributed by atoms with van der Waals surface area (Å²) in [6.07, 6.45) is 15.7. The van der Waals surface area contributed by atoms with E-state index in [0.717, 1.165) is 16.1 Å². The quantitative estimate of drug-likeness (QED) is 0.782. The predicted molar refractivity (Wildman–Crippen MR) is 99.8 cm³/mol. The predicted octanol–water partition coefficient (Wildman–Crippen LogP) is 3.37. The molecule has 0 spiro atoms. The van der Waals surface area contributed by atoms with Gasteiger partial charge in [0.2, 0.25) is 5.95 Å². The summed E-state index contributed by atoms with van der Waals surface area (Å²) in [6.45, 7) is 0.711. The van der Waals surface area contributed by atoms with Gasteiger partial charge in [-0.15, -0.1) is 11.3 Å². The first kappa shape index (κ1) is 15.3. The van der Waals surface area contributed by atoms with E-state index < -0.39 is 0 Å². The minimum atomic E-state index is 0.233. The first-order valence-corrected chi connectivity index (χ1v) is 8.66. The Bertz CT molecular complexity index is 936. The highest BCUT2D eigenvalue weighted by Gasteiger charge is 2.15. The molecule has 1 aliphatic heterocycles. The molecular formula is C18H16N6S. The summed E-state index contributed by atoms with van der Waals surface area (Å²) in [4.78, 5) is 11.4. The molecule has 6 nitrogen and oxygen atoms in total. The molecule has 3 aromatic heterocycles. The zero-order chi connectivity index (χ0) is 17.1.